The molecule has 1 aromatic carbocycles. The van der Waals surface area contributed by atoms with Crippen molar-refractivity contribution in [3.05, 3.63) is 43.9 Å². The first-order chi connectivity index (χ1) is 5.93. The van der Waals surface area contributed by atoms with Gasteiger partial charge in [-0.15, -0.1) is 0 Å². The molecule has 0 aliphatic rings. The summed E-state index contributed by atoms with van der Waals surface area (Å²) in [6, 6.07) is 6.21. The van der Waals surface area contributed by atoms with Gasteiger partial charge in [-0.25, -0.2) is 0 Å². The molecule has 0 radical (unpaired) electrons. The van der Waals surface area contributed by atoms with Crippen LogP contribution >= 0.6 is 0 Å². The van der Waals surface area contributed by atoms with Crippen molar-refractivity contribution < 1.29 is 26.5 Å². The van der Waals surface area contributed by atoms with Gasteiger partial charge >= 0.3 is 21.7 Å². The monoisotopic (exact) mass is 240 g/mol. The first-order valence-corrected chi connectivity index (χ1v) is 4.47. The van der Waals surface area contributed by atoms with Gasteiger partial charge < -0.3 is 12.2 Å². The van der Waals surface area contributed by atoms with Crippen LogP contribution in [0.15, 0.2) is 18.2 Å². The van der Waals surface area contributed by atoms with Gasteiger partial charge in [0.25, 0.3) is 0 Å². The van der Waals surface area contributed by atoms with E-state index < -0.39 is 0 Å². The predicted octanol–water partition coefficient (Wildman–Crippen LogP) is 3.91. The Labute approximate surface area is 109 Å². The third-order valence-corrected chi connectivity index (χ3v) is 2.08. The summed E-state index contributed by atoms with van der Waals surface area (Å²) in [5, 5.41) is 0. The van der Waals surface area contributed by atoms with Crippen molar-refractivity contribution in [1.82, 2.24) is 0 Å². The van der Waals surface area contributed by atoms with E-state index in [1.165, 1.54) is 11.1 Å². The molecule has 1 nitrogen and oxygen atoms in total. The average molecular weight is 240 g/mol. The first kappa shape index (κ1) is 17.1. The van der Waals surface area contributed by atoms with Crippen molar-refractivity contribution in [1.29, 1.82) is 0 Å². The van der Waals surface area contributed by atoms with E-state index in [1.54, 1.807) is 0 Å². The third-order valence-electron chi connectivity index (χ3n) is 2.08. The molecule has 82 valence electrons. The molecule has 2 heteroatoms. The summed E-state index contributed by atoms with van der Waals surface area (Å²) in [5.74, 6) is 0.838. The van der Waals surface area contributed by atoms with Crippen LogP contribution < -0.4 is 4.74 Å². The smallest absolute Gasteiger partial charge is 0.665 e. The van der Waals surface area contributed by atoms with Gasteiger partial charge in [0.05, 0.1) is 5.75 Å². The summed E-state index contributed by atoms with van der Waals surface area (Å²) >= 11 is 0. The maximum Gasteiger partial charge on any atom is 2.00 e. The largest absolute Gasteiger partial charge is 2.00 e. The molecule has 0 bridgehead atoms. The van der Waals surface area contributed by atoms with Crippen molar-refractivity contribution in [2.24, 2.45) is 0 Å². The van der Waals surface area contributed by atoms with Crippen molar-refractivity contribution in [3.63, 3.8) is 0 Å². The molecule has 0 aromatic heterocycles. The number of benzene rings is 1. The minimum absolute atomic E-state index is 0. The van der Waals surface area contributed by atoms with Crippen LogP contribution in [0.3, 0.4) is 0 Å². The van der Waals surface area contributed by atoms with Crippen molar-refractivity contribution >= 4 is 0 Å². The first-order valence-electron chi connectivity index (χ1n) is 4.47. The van der Waals surface area contributed by atoms with E-state index in [4.69, 9.17) is 4.74 Å². The van der Waals surface area contributed by atoms with E-state index >= 15 is 0 Å². The number of aryl methyl sites for hydroxylation is 1. The zero-order valence-electron chi connectivity index (χ0n) is 10.3. The van der Waals surface area contributed by atoms with Crippen LogP contribution in [0, 0.1) is 21.5 Å². The minimum Gasteiger partial charge on any atom is -0.665 e. The van der Waals surface area contributed by atoms with Gasteiger partial charge in [0.1, 0.15) is 0 Å². The molecule has 0 amide bonds. The molecule has 0 heterocycles. The second-order valence-electron chi connectivity index (χ2n) is 4.43. The van der Waals surface area contributed by atoms with E-state index in [-0.39, 0.29) is 34.6 Å². The molecule has 0 unspecified atom stereocenters. The van der Waals surface area contributed by atoms with Gasteiger partial charge in [0, 0.05) is 0 Å². The number of ether oxygens (including phenoxy) is 1. The van der Waals surface area contributed by atoms with Gasteiger partial charge in [-0.2, -0.15) is 7.11 Å². The SMILES string of the molecule is [CH2-]Oc1cc(C)cc(C(C)(C)C)c1.[CH3-].[Ti+2]. The van der Waals surface area contributed by atoms with Crippen molar-refractivity contribution in [3.8, 4) is 5.75 Å². The molecule has 0 saturated carbocycles. The number of hydrogen-bond donors (Lipinski definition) is 0. The molecule has 0 aliphatic carbocycles. The summed E-state index contributed by atoms with van der Waals surface area (Å²) < 4.78 is 4.98. The van der Waals surface area contributed by atoms with Crippen molar-refractivity contribution in [2.45, 2.75) is 33.1 Å². The number of rotatable bonds is 1. The van der Waals surface area contributed by atoms with E-state index in [0.717, 1.165) is 5.75 Å². The van der Waals surface area contributed by atoms with Crippen molar-refractivity contribution in [2.75, 3.05) is 0 Å². The molecule has 0 N–H and O–H groups in total. The molecule has 0 spiro atoms. The maximum atomic E-state index is 4.98. The molecule has 0 saturated heterocycles. The fraction of sp³-hybridized carbons (Fsp3) is 0.385. The Bertz CT molecular complexity index is 300. The van der Waals surface area contributed by atoms with E-state index in [1.807, 2.05) is 12.1 Å². The van der Waals surface area contributed by atoms with Crippen LogP contribution in [0.1, 0.15) is 31.9 Å². The molecule has 0 atom stereocenters. The standard InChI is InChI=1S/C12H17O.CH3.Ti/c1-9-6-10(12(2,3)4)8-11(7-9)13-5;;/h6-8H,5H2,1-4H3;1H3;/q2*-1;+2. The molecule has 0 aliphatic heterocycles. The van der Waals surface area contributed by atoms with Crippen LogP contribution in [0.4, 0.5) is 0 Å². The van der Waals surface area contributed by atoms with Gasteiger partial charge in [0.15, 0.2) is 0 Å². The summed E-state index contributed by atoms with van der Waals surface area (Å²) in [5.41, 5.74) is 2.66. The molecule has 0 fully saturated rings. The molecule has 15 heavy (non-hydrogen) atoms. The van der Waals surface area contributed by atoms with E-state index in [0.29, 0.717) is 0 Å². The zero-order chi connectivity index (χ0) is 10.1. The summed E-state index contributed by atoms with van der Waals surface area (Å²) in [4.78, 5) is 0. The molecule has 1 rings (SSSR count). The third kappa shape index (κ3) is 4.86. The Hall–Kier alpha value is -0.266. The van der Waals surface area contributed by atoms with Crippen LogP contribution in [0.5, 0.6) is 5.75 Å². The Morgan fingerprint density at radius 1 is 1.13 bits per heavy atom. The summed E-state index contributed by atoms with van der Waals surface area (Å²) in [6.07, 6.45) is 0. The van der Waals surface area contributed by atoms with E-state index in [2.05, 4.69) is 40.9 Å². The number of hydrogen-bond acceptors (Lipinski definition) is 1. The van der Waals surface area contributed by atoms with Crippen LogP contribution in [0.2, 0.25) is 0 Å². The Morgan fingerprint density at radius 3 is 2.07 bits per heavy atom. The maximum absolute atomic E-state index is 4.98. The minimum atomic E-state index is 0. The second-order valence-corrected chi connectivity index (χ2v) is 4.43. The summed E-state index contributed by atoms with van der Waals surface area (Å²) in [7, 11) is 3.42. The quantitative estimate of drug-likeness (QED) is 0.534. The topological polar surface area (TPSA) is 9.23 Å². The summed E-state index contributed by atoms with van der Waals surface area (Å²) in [6.45, 7) is 8.63. The average Bonchev–Trinajstić information content (AvgIpc) is 2.01. The van der Waals surface area contributed by atoms with Gasteiger partial charge in [-0.05, 0) is 35.6 Å². The van der Waals surface area contributed by atoms with Crippen LogP contribution in [0.25, 0.3) is 0 Å². The fourth-order valence-electron chi connectivity index (χ4n) is 1.26. The van der Waals surface area contributed by atoms with Gasteiger partial charge in [0.2, 0.25) is 0 Å². The second kappa shape index (κ2) is 6.35. The predicted molar refractivity (Wildman–Crippen MR) is 62.3 cm³/mol. The zero-order valence-corrected chi connectivity index (χ0v) is 11.9. The molecule has 1 aromatic rings. The van der Waals surface area contributed by atoms with Crippen LogP contribution in [-0.2, 0) is 27.1 Å². The fourth-order valence-corrected chi connectivity index (χ4v) is 1.26. The van der Waals surface area contributed by atoms with Gasteiger partial charge in [-0.1, -0.05) is 26.8 Å². The Morgan fingerprint density at radius 2 is 1.67 bits per heavy atom. The van der Waals surface area contributed by atoms with Gasteiger partial charge in [-0.3, -0.25) is 0 Å². The Kier molecular flexibility index (Phi) is 7.25. The molecular formula is C13H20OTi. The molecular weight excluding hydrogens is 220 g/mol. The normalized spacial score (nSPS) is 9.93. The van der Waals surface area contributed by atoms with E-state index in [9.17, 15) is 0 Å². The van der Waals surface area contributed by atoms with Crippen LogP contribution in [-0.4, -0.2) is 0 Å². The Balaban J connectivity index is 0.